The molecule has 1 aliphatic heterocycles. The molecule has 1 atom stereocenters. The van der Waals surface area contributed by atoms with Gasteiger partial charge < -0.3 is 14.8 Å². The Kier molecular flexibility index (Phi) is 7.28. The molecule has 0 saturated carbocycles. The molecule has 1 aliphatic rings. The van der Waals surface area contributed by atoms with E-state index in [1.807, 2.05) is 26.0 Å². The predicted octanol–water partition coefficient (Wildman–Crippen LogP) is 4.12. The van der Waals surface area contributed by atoms with Crippen LogP contribution in [0.25, 0.3) is 0 Å². The Bertz CT molecular complexity index is 1060. The number of sulfonamides is 1. The maximum absolute atomic E-state index is 13.4. The lowest BCUT2D eigenvalue weighted by Gasteiger charge is -2.31. The molecule has 9 heteroatoms. The number of amides is 1. The van der Waals surface area contributed by atoms with Crippen LogP contribution in [0.2, 0.25) is 0 Å². The molecule has 0 bridgehead atoms. The molecular weight excluding hydrogens is 484 g/mol. The van der Waals surface area contributed by atoms with Gasteiger partial charge in [-0.3, -0.25) is 4.79 Å². The van der Waals surface area contributed by atoms with Crippen LogP contribution in [0.3, 0.4) is 0 Å². The third-order valence-electron chi connectivity index (χ3n) is 5.49. The van der Waals surface area contributed by atoms with Crippen molar-refractivity contribution in [2.75, 3.05) is 32.6 Å². The normalized spacial score (nSPS) is 17.3. The number of nitrogens with one attached hydrogen (secondary N) is 1. The van der Waals surface area contributed by atoms with Crippen LogP contribution in [0, 0.1) is 19.8 Å². The van der Waals surface area contributed by atoms with E-state index in [0.29, 0.717) is 25.1 Å². The number of carbonyl (C=O) groups excluding carboxylic acids is 1. The van der Waals surface area contributed by atoms with Crippen LogP contribution >= 0.6 is 15.9 Å². The highest BCUT2D eigenvalue weighted by atomic mass is 79.9. The fourth-order valence-corrected chi connectivity index (χ4v) is 6.21. The Morgan fingerprint density at radius 1 is 1.13 bits per heavy atom. The Hall–Kier alpha value is -2.10. The molecule has 1 amide bonds. The van der Waals surface area contributed by atoms with Gasteiger partial charge in [-0.15, -0.1) is 0 Å². The molecule has 1 fully saturated rings. The van der Waals surface area contributed by atoms with Gasteiger partial charge in [0.15, 0.2) is 0 Å². The number of carbonyl (C=O) groups is 1. The quantitative estimate of drug-likeness (QED) is 0.631. The minimum atomic E-state index is -3.86. The summed E-state index contributed by atoms with van der Waals surface area (Å²) in [6, 6.07) is 8.54. The zero-order valence-corrected chi connectivity index (χ0v) is 20.5. The van der Waals surface area contributed by atoms with E-state index < -0.39 is 15.9 Å². The van der Waals surface area contributed by atoms with Gasteiger partial charge in [0.1, 0.15) is 16.4 Å². The summed E-state index contributed by atoms with van der Waals surface area (Å²) in [7, 11) is -0.952. The Morgan fingerprint density at radius 2 is 1.81 bits per heavy atom. The van der Waals surface area contributed by atoms with E-state index in [0.717, 1.165) is 21.3 Å². The number of rotatable bonds is 6. The topological polar surface area (TPSA) is 84.9 Å². The van der Waals surface area contributed by atoms with Crippen LogP contribution in [-0.2, 0) is 14.8 Å². The summed E-state index contributed by atoms with van der Waals surface area (Å²) in [5, 5.41) is 3.00. The zero-order chi connectivity index (χ0) is 22.8. The van der Waals surface area contributed by atoms with Gasteiger partial charge in [-0.2, -0.15) is 4.31 Å². The van der Waals surface area contributed by atoms with E-state index in [1.54, 1.807) is 12.1 Å². The molecule has 3 rings (SSSR count). The van der Waals surface area contributed by atoms with E-state index >= 15 is 0 Å². The highest BCUT2D eigenvalue weighted by molar-refractivity contribution is 9.10. The minimum Gasteiger partial charge on any atom is -0.497 e. The molecule has 2 aromatic rings. The number of hydrogen-bond acceptors (Lipinski definition) is 5. The minimum absolute atomic E-state index is 0.0370. The first kappa shape index (κ1) is 23.6. The second-order valence-electron chi connectivity index (χ2n) is 7.62. The fraction of sp³-hybridized carbons (Fsp3) is 0.409. The number of piperidine rings is 1. The highest BCUT2D eigenvalue weighted by Crippen LogP contribution is 2.33. The fourth-order valence-electron chi connectivity index (χ4n) is 3.83. The molecule has 0 spiro atoms. The third-order valence-corrected chi connectivity index (χ3v) is 7.83. The van der Waals surface area contributed by atoms with Crippen molar-refractivity contribution in [3.8, 4) is 11.5 Å². The van der Waals surface area contributed by atoms with Crippen LogP contribution in [0.4, 0.5) is 5.69 Å². The average Bonchev–Trinajstić information content (AvgIpc) is 2.75. The monoisotopic (exact) mass is 510 g/mol. The van der Waals surface area contributed by atoms with E-state index in [-0.39, 0.29) is 23.1 Å². The zero-order valence-electron chi connectivity index (χ0n) is 18.1. The maximum Gasteiger partial charge on any atom is 0.246 e. The van der Waals surface area contributed by atoms with Crippen molar-refractivity contribution in [1.82, 2.24) is 4.31 Å². The summed E-state index contributed by atoms with van der Waals surface area (Å²) >= 11 is 3.46. The third kappa shape index (κ3) is 5.05. The second kappa shape index (κ2) is 9.58. The van der Waals surface area contributed by atoms with E-state index in [4.69, 9.17) is 9.47 Å². The van der Waals surface area contributed by atoms with Gasteiger partial charge in [0.05, 0.1) is 20.1 Å². The first-order chi connectivity index (χ1) is 14.7. The van der Waals surface area contributed by atoms with Crippen molar-refractivity contribution in [2.24, 2.45) is 5.92 Å². The molecule has 7 nitrogen and oxygen atoms in total. The molecule has 31 heavy (non-hydrogen) atoms. The number of aryl methyl sites for hydroxylation is 2. The van der Waals surface area contributed by atoms with Gasteiger partial charge in [-0.05, 0) is 62.1 Å². The van der Waals surface area contributed by atoms with Crippen LogP contribution in [0.1, 0.15) is 24.0 Å². The van der Waals surface area contributed by atoms with E-state index in [9.17, 15) is 13.2 Å². The van der Waals surface area contributed by atoms with Gasteiger partial charge in [0.2, 0.25) is 15.9 Å². The van der Waals surface area contributed by atoms with Gasteiger partial charge in [0, 0.05) is 29.3 Å². The number of anilines is 1. The van der Waals surface area contributed by atoms with Crippen molar-refractivity contribution in [3.05, 3.63) is 45.9 Å². The lowest BCUT2D eigenvalue weighted by atomic mass is 9.98. The van der Waals surface area contributed by atoms with Gasteiger partial charge in [0.25, 0.3) is 0 Å². The van der Waals surface area contributed by atoms with Crippen molar-refractivity contribution in [1.29, 1.82) is 0 Å². The summed E-state index contributed by atoms with van der Waals surface area (Å²) in [6.07, 6.45) is 1.23. The van der Waals surface area contributed by atoms with Crippen LogP contribution in [0.5, 0.6) is 11.5 Å². The molecule has 1 N–H and O–H groups in total. The molecule has 0 aliphatic carbocycles. The highest BCUT2D eigenvalue weighted by Gasteiger charge is 2.35. The smallest absolute Gasteiger partial charge is 0.246 e. The standard InChI is InChI=1S/C22H27BrN2O5S/c1-14-10-17(23)11-15(2)21(14)24-22(26)16-6-5-9-25(13-16)31(27,28)20-12-18(29-3)7-8-19(20)30-4/h7-8,10-12,16H,5-6,9,13H2,1-4H3,(H,24,26). The van der Waals surface area contributed by atoms with Gasteiger partial charge in [-0.1, -0.05) is 15.9 Å². The predicted molar refractivity (Wildman–Crippen MR) is 123 cm³/mol. The summed E-state index contributed by atoms with van der Waals surface area (Å²) in [6.45, 7) is 4.33. The first-order valence-electron chi connectivity index (χ1n) is 9.97. The number of benzene rings is 2. The molecular formula is C22H27BrN2O5S. The lowest BCUT2D eigenvalue weighted by Crippen LogP contribution is -2.43. The average molecular weight is 511 g/mol. The van der Waals surface area contributed by atoms with Crippen molar-refractivity contribution < 1.29 is 22.7 Å². The molecule has 1 unspecified atom stereocenters. The number of methoxy groups -OCH3 is 2. The Labute approximate surface area is 191 Å². The molecule has 0 radical (unpaired) electrons. The largest absolute Gasteiger partial charge is 0.497 e. The van der Waals surface area contributed by atoms with Crippen LogP contribution in [0.15, 0.2) is 39.7 Å². The van der Waals surface area contributed by atoms with E-state index in [1.165, 1.54) is 24.6 Å². The summed E-state index contributed by atoms with van der Waals surface area (Å²) in [4.78, 5) is 13.0. The molecule has 1 heterocycles. The lowest BCUT2D eigenvalue weighted by molar-refractivity contribution is -0.120. The number of ether oxygens (including phenoxy) is 2. The Morgan fingerprint density at radius 3 is 2.42 bits per heavy atom. The Balaban J connectivity index is 1.83. The first-order valence-corrected chi connectivity index (χ1v) is 12.2. The molecule has 0 aromatic heterocycles. The summed E-state index contributed by atoms with van der Waals surface area (Å²) in [5.41, 5.74) is 2.66. The summed E-state index contributed by atoms with van der Waals surface area (Å²) in [5.74, 6) is 0.0500. The molecule has 2 aromatic carbocycles. The number of hydrogen-bond donors (Lipinski definition) is 1. The van der Waals surface area contributed by atoms with Gasteiger partial charge in [-0.25, -0.2) is 8.42 Å². The van der Waals surface area contributed by atoms with E-state index in [2.05, 4.69) is 21.2 Å². The SMILES string of the molecule is COc1ccc(OC)c(S(=O)(=O)N2CCCC(C(=O)Nc3c(C)cc(Br)cc3C)C2)c1. The number of nitrogens with zero attached hydrogens (tertiary/aromatic N) is 1. The molecule has 168 valence electrons. The second-order valence-corrected chi connectivity index (χ2v) is 10.4. The van der Waals surface area contributed by atoms with Crippen molar-refractivity contribution >= 4 is 37.5 Å². The van der Waals surface area contributed by atoms with Gasteiger partial charge >= 0.3 is 0 Å². The van der Waals surface area contributed by atoms with Crippen molar-refractivity contribution in [2.45, 2.75) is 31.6 Å². The van der Waals surface area contributed by atoms with Crippen molar-refractivity contribution in [3.63, 3.8) is 0 Å². The van der Waals surface area contributed by atoms with Crippen LogP contribution < -0.4 is 14.8 Å². The number of halogens is 1. The van der Waals surface area contributed by atoms with Crippen LogP contribution in [-0.4, -0.2) is 45.9 Å². The maximum atomic E-state index is 13.4. The molecule has 1 saturated heterocycles. The summed E-state index contributed by atoms with van der Waals surface area (Å²) < 4.78 is 39.5.